The Balaban J connectivity index is 1.77. The van der Waals surface area contributed by atoms with E-state index < -0.39 is 6.04 Å². The van der Waals surface area contributed by atoms with E-state index in [1.807, 2.05) is 31.2 Å². The zero-order valence-electron chi connectivity index (χ0n) is 17.0. The number of carbonyl (C=O) groups is 1. The minimum absolute atomic E-state index is 0.0451. The number of ether oxygens (including phenoxy) is 1. The normalized spacial score (nSPS) is 15.3. The fraction of sp³-hybridized carbons (Fsp3) is 0.120. The maximum Gasteiger partial charge on any atom is 0.295 e. The molecular weight excluding hydrogens is 494 g/mol. The molecule has 1 amide bonds. The average Bonchev–Trinajstić information content (AvgIpc) is 3.08. The molecule has 1 aliphatic heterocycles. The van der Waals surface area contributed by atoms with Gasteiger partial charge in [0.25, 0.3) is 5.91 Å². The molecule has 0 radical (unpaired) electrons. The number of benzene rings is 3. The van der Waals surface area contributed by atoms with Crippen LogP contribution < -0.4 is 15.1 Å². The van der Waals surface area contributed by atoms with Gasteiger partial charge in [-0.2, -0.15) is 0 Å². The van der Waals surface area contributed by atoms with Gasteiger partial charge >= 0.3 is 0 Å². The van der Waals surface area contributed by atoms with Crippen LogP contribution in [-0.4, -0.2) is 12.5 Å². The number of rotatable bonds is 4. The standard InChI is InChI=1S/C25H17BrClNO4/c1-2-31-18-9-6-14(7-10-18)22-21-23(29)19-12-15(26)8-11-20(19)32-24(21)25(30)28(22)17-5-3-4-16(27)13-17/h3-13,22H,2H2,1H3. The quantitative estimate of drug-likeness (QED) is 0.321. The van der Waals surface area contributed by atoms with Gasteiger partial charge in [-0.1, -0.05) is 45.7 Å². The van der Waals surface area contributed by atoms with Crippen molar-refractivity contribution in [3.63, 3.8) is 0 Å². The molecule has 1 aromatic heterocycles. The minimum Gasteiger partial charge on any atom is -0.494 e. The fourth-order valence-electron chi connectivity index (χ4n) is 4.07. The van der Waals surface area contributed by atoms with Crippen LogP contribution in [0.2, 0.25) is 5.02 Å². The summed E-state index contributed by atoms with van der Waals surface area (Å²) >= 11 is 9.63. The third-order valence-electron chi connectivity index (χ3n) is 5.43. The van der Waals surface area contributed by atoms with Crippen LogP contribution in [0.5, 0.6) is 5.75 Å². The highest BCUT2D eigenvalue weighted by atomic mass is 79.9. The van der Waals surface area contributed by atoms with Crippen molar-refractivity contribution in [3.05, 3.63) is 103 Å². The summed E-state index contributed by atoms with van der Waals surface area (Å²) in [5, 5.41) is 0.903. The number of anilines is 1. The smallest absolute Gasteiger partial charge is 0.295 e. The molecule has 1 unspecified atom stereocenters. The van der Waals surface area contributed by atoms with E-state index in [0.717, 1.165) is 10.0 Å². The van der Waals surface area contributed by atoms with Crippen LogP contribution in [0, 0.1) is 0 Å². The number of halogens is 2. The Morgan fingerprint density at radius 3 is 2.56 bits per heavy atom. The summed E-state index contributed by atoms with van der Waals surface area (Å²) in [5.74, 6) is 0.372. The molecule has 3 aromatic carbocycles. The molecule has 160 valence electrons. The summed E-state index contributed by atoms with van der Waals surface area (Å²) in [6.07, 6.45) is 0. The van der Waals surface area contributed by atoms with Gasteiger partial charge in [0.15, 0.2) is 5.43 Å². The molecule has 5 nitrogen and oxygen atoms in total. The summed E-state index contributed by atoms with van der Waals surface area (Å²) in [6.45, 7) is 2.46. The molecule has 0 saturated carbocycles. The first-order valence-electron chi connectivity index (χ1n) is 10.1. The van der Waals surface area contributed by atoms with Crippen molar-refractivity contribution in [3.8, 4) is 5.75 Å². The van der Waals surface area contributed by atoms with Crippen molar-refractivity contribution in [2.45, 2.75) is 13.0 Å². The van der Waals surface area contributed by atoms with Crippen molar-refractivity contribution in [1.82, 2.24) is 0 Å². The Kier molecular flexibility index (Phi) is 5.27. The van der Waals surface area contributed by atoms with Crippen LogP contribution in [0.4, 0.5) is 5.69 Å². The molecule has 0 bridgehead atoms. The Labute approximate surface area is 197 Å². The first-order valence-corrected chi connectivity index (χ1v) is 11.2. The maximum atomic E-state index is 13.6. The minimum atomic E-state index is -0.661. The second-order valence-corrected chi connectivity index (χ2v) is 8.73. The van der Waals surface area contributed by atoms with Crippen molar-refractivity contribution in [1.29, 1.82) is 0 Å². The van der Waals surface area contributed by atoms with Crippen molar-refractivity contribution in [2.75, 3.05) is 11.5 Å². The number of carbonyl (C=O) groups excluding carboxylic acids is 1. The number of hydrogen-bond acceptors (Lipinski definition) is 4. The predicted octanol–water partition coefficient (Wildman–Crippen LogP) is 6.36. The molecular formula is C25H17BrClNO4. The summed E-state index contributed by atoms with van der Waals surface area (Å²) in [7, 11) is 0. The Morgan fingerprint density at radius 1 is 1.06 bits per heavy atom. The van der Waals surface area contributed by atoms with Crippen LogP contribution in [0.25, 0.3) is 11.0 Å². The number of nitrogens with zero attached hydrogens (tertiary/aromatic N) is 1. The molecule has 0 spiro atoms. The second kappa shape index (κ2) is 8.11. The predicted molar refractivity (Wildman–Crippen MR) is 128 cm³/mol. The average molecular weight is 511 g/mol. The lowest BCUT2D eigenvalue weighted by molar-refractivity contribution is 0.0971. The van der Waals surface area contributed by atoms with E-state index in [0.29, 0.717) is 39.6 Å². The van der Waals surface area contributed by atoms with Crippen molar-refractivity contribution < 1.29 is 13.9 Å². The van der Waals surface area contributed by atoms with Gasteiger partial charge in [-0.25, -0.2) is 0 Å². The van der Waals surface area contributed by atoms with E-state index in [-0.39, 0.29) is 17.1 Å². The molecule has 32 heavy (non-hydrogen) atoms. The number of hydrogen-bond donors (Lipinski definition) is 0. The highest BCUT2D eigenvalue weighted by Crippen LogP contribution is 2.42. The molecule has 0 fully saturated rings. The van der Waals surface area contributed by atoms with Crippen LogP contribution >= 0.6 is 27.5 Å². The topological polar surface area (TPSA) is 59.8 Å². The molecule has 1 aliphatic rings. The van der Waals surface area contributed by atoms with Gasteiger partial charge in [0.05, 0.1) is 23.6 Å². The molecule has 5 rings (SSSR count). The van der Waals surface area contributed by atoms with Gasteiger partial charge in [0.2, 0.25) is 5.76 Å². The first kappa shape index (κ1) is 20.8. The molecule has 0 N–H and O–H groups in total. The third-order valence-corrected chi connectivity index (χ3v) is 6.15. The Morgan fingerprint density at radius 2 is 1.84 bits per heavy atom. The SMILES string of the molecule is CCOc1ccc(C2c3c(oc4ccc(Br)cc4c3=O)C(=O)N2c2cccc(Cl)c2)cc1. The van der Waals surface area contributed by atoms with Crippen LogP contribution in [0.3, 0.4) is 0 Å². The van der Waals surface area contributed by atoms with Gasteiger partial charge in [-0.15, -0.1) is 0 Å². The van der Waals surface area contributed by atoms with E-state index in [1.54, 1.807) is 47.4 Å². The van der Waals surface area contributed by atoms with Gasteiger partial charge in [-0.05, 0) is 61.0 Å². The van der Waals surface area contributed by atoms with Gasteiger partial charge in [-0.3, -0.25) is 14.5 Å². The molecule has 1 atom stereocenters. The molecule has 0 aliphatic carbocycles. The maximum absolute atomic E-state index is 13.6. The van der Waals surface area contributed by atoms with E-state index in [2.05, 4.69) is 15.9 Å². The molecule has 2 heterocycles. The van der Waals surface area contributed by atoms with Gasteiger partial charge < -0.3 is 9.15 Å². The summed E-state index contributed by atoms with van der Waals surface area (Å²) in [4.78, 5) is 28.7. The zero-order valence-corrected chi connectivity index (χ0v) is 19.3. The third kappa shape index (κ3) is 3.40. The monoisotopic (exact) mass is 509 g/mol. The molecule has 0 saturated heterocycles. The van der Waals surface area contributed by atoms with E-state index in [1.165, 1.54) is 0 Å². The molecule has 7 heteroatoms. The first-order chi connectivity index (χ1) is 15.5. The highest BCUT2D eigenvalue weighted by Gasteiger charge is 2.43. The summed E-state index contributed by atoms with van der Waals surface area (Å²) in [6, 6.07) is 18.9. The Hall–Kier alpha value is -3.09. The van der Waals surface area contributed by atoms with Crippen molar-refractivity contribution >= 4 is 50.1 Å². The van der Waals surface area contributed by atoms with Crippen LogP contribution in [0.1, 0.15) is 34.6 Å². The van der Waals surface area contributed by atoms with Crippen LogP contribution in [-0.2, 0) is 0 Å². The lowest BCUT2D eigenvalue weighted by Gasteiger charge is -2.25. The molecule has 4 aromatic rings. The second-order valence-electron chi connectivity index (χ2n) is 7.37. The summed E-state index contributed by atoms with van der Waals surface area (Å²) in [5.41, 5.74) is 1.78. The Bertz CT molecular complexity index is 1410. The van der Waals surface area contributed by atoms with Gasteiger partial charge in [0, 0.05) is 15.2 Å². The van der Waals surface area contributed by atoms with E-state index in [9.17, 15) is 9.59 Å². The zero-order chi connectivity index (χ0) is 22.4. The summed E-state index contributed by atoms with van der Waals surface area (Å²) < 4.78 is 12.3. The largest absolute Gasteiger partial charge is 0.494 e. The van der Waals surface area contributed by atoms with E-state index >= 15 is 0 Å². The fourth-order valence-corrected chi connectivity index (χ4v) is 4.61. The van der Waals surface area contributed by atoms with Crippen LogP contribution in [0.15, 0.2) is 80.4 Å². The van der Waals surface area contributed by atoms with Crippen molar-refractivity contribution in [2.24, 2.45) is 0 Å². The number of fused-ring (bicyclic) bond motifs is 2. The van der Waals surface area contributed by atoms with Gasteiger partial charge in [0.1, 0.15) is 11.3 Å². The lowest BCUT2D eigenvalue weighted by atomic mass is 9.98. The van der Waals surface area contributed by atoms with E-state index in [4.69, 9.17) is 20.8 Å². The highest BCUT2D eigenvalue weighted by molar-refractivity contribution is 9.10. The number of amides is 1. The lowest BCUT2D eigenvalue weighted by Crippen LogP contribution is -2.29.